The van der Waals surface area contributed by atoms with Gasteiger partial charge in [-0.1, -0.05) is 6.92 Å². The minimum Gasteiger partial charge on any atom is -0.329 e. The Morgan fingerprint density at radius 3 is 2.63 bits per heavy atom. The monoisotopic (exact) mass is 262 g/mol. The van der Waals surface area contributed by atoms with Gasteiger partial charge in [0.1, 0.15) is 0 Å². The van der Waals surface area contributed by atoms with Crippen molar-refractivity contribution in [3.8, 4) is 0 Å². The fourth-order valence-corrected chi connectivity index (χ4v) is 3.22. The molecule has 2 heterocycles. The van der Waals surface area contributed by atoms with Gasteiger partial charge in [-0.25, -0.2) is 0 Å². The van der Waals surface area contributed by atoms with Crippen molar-refractivity contribution in [3.05, 3.63) is 30.1 Å². The topological polar surface area (TPSA) is 45.4 Å². The molecule has 1 aromatic heterocycles. The zero-order valence-electron chi connectivity index (χ0n) is 12.3. The van der Waals surface area contributed by atoms with Gasteiger partial charge in [-0.15, -0.1) is 0 Å². The van der Waals surface area contributed by atoms with Gasteiger partial charge in [0.25, 0.3) is 0 Å². The summed E-state index contributed by atoms with van der Waals surface area (Å²) in [5.74, 6) is 0. The first-order valence-corrected chi connectivity index (χ1v) is 7.15. The minimum absolute atomic E-state index is 0.117. The summed E-state index contributed by atoms with van der Waals surface area (Å²) in [5.41, 5.74) is 7.57. The molecular weight excluding hydrogens is 236 g/mol. The SMILES string of the molecule is CCN(Cc1ccncc1)C1(CN)CC(C)N(C)C1. The van der Waals surface area contributed by atoms with Crippen LogP contribution >= 0.6 is 0 Å². The fourth-order valence-electron chi connectivity index (χ4n) is 3.22. The first kappa shape index (κ1) is 14.4. The van der Waals surface area contributed by atoms with E-state index in [1.54, 1.807) is 0 Å². The summed E-state index contributed by atoms with van der Waals surface area (Å²) in [6.07, 6.45) is 4.88. The highest BCUT2D eigenvalue weighted by Crippen LogP contribution is 2.31. The molecule has 106 valence electrons. The zero-order valence-corrected chi connectivity index (χ0v) is 12.3. The highest BCUT2D eigenvalue weighted by Gasteiger charge is 2.43. The van der Waals surface area contributed by atoms with Crippen LogP contribution in [0.1, 0.15) is 25.8 Å². The molecule has 0 aromatic carbocycles. The molecule has 19 heavy (non-hydrogen) atoms. The Kier molecular flexibility index (Phi) is 4.55. The average Bonchev–Trinajstić information content (AvgIpc) is 2.73. The molecule has 0 saturated carbocycles. The van der Waals surface area contributed by atoms with E-state index in [1.807, 2.05) is 12.4 Å². The van der Waals surface area contributed by atoms with Crippen LogP contribution in [0, 0.1) is 0 Å². The Labute approximate surface area is 116 Å². The maximum Gasteiger partial charge on any atom is 0.0476 e. The quantitative estimate of drug-likeness (QED) is 0.869. The smallest absolute Gasteiger partial charge is 0.0476 e. The number of hydrogen-bond acceptors (Lipinski definition) is 4. The van der Waals surface area contributed by atoms with E-state index in [-0.39, 0.29) is 5.54 Å². The molecule has 0 aliphatic carbocycles. The van der Waals surface area contributed by atoms with Gasteiger partial charge in [-0.05, 0) is 44.6 Å². The van der Waals surface area contributed by atoms with Gasteiger partial charge in [-0.3, -0.25) is 9.88 Å². The third-order valence-corrected chi connectivity index (χ3v) is 4.53. The number of rotatable bonds is 5. The fraction of sp³-hybridized carbons (Fsp3) is 0.667. The van der Waals surface area contributed by atoms with Crippen molar-refractivity contribution < 1.29 is 0 Å². The van der Waals surface area contributed by atoms with Crippen LogP contribution in [0.15, 0.2) is 24.5 Å². The lowest BCUT2D eigenvalue weighted by Gasteiger charge is -2.40. The van der Waals surface area contributed by atoms with Gasteiger partial charge in [0.2, 0.25) is 0 Å². The van der Waals surface area contributed by atoms with Crippen molar-refractivity contribution in [2.24, 2.45) is 5.73 Å². The van der Waals surface area contributed by atoms with Crippen molar-refractivity contribution >= 4 is 0 Å². The van der Waals surface area contributed by atoms with E-state index < -0.39 is 0 Å². The second-order valence-electron chi connectivity index (χ2n) is 5.77. The van der Waals surface area contributed by atoms with Crippen LogP contribution in [-0.2, 0) is 6.54 Å². The molecule has 2 atom stereocenters. The lowest BCUT2D eigenvalue weighted by atomic mass is 9.93. The molecule has 0 amide bonds. The summed E-state index contributed by atoms with van der Waals surface area (Å²) in [6.45, 7) is 8.28. The average molecular weight is 262 g/mol. The van der Waals surface area contributed by atoms with Crippen LogP contribution in [-0.4, -0.2) is 53.0 Å². The number of likely N-dealkylation sites (tertiary alicyclic amines) is 1. The summed E-state index contributed by atoms with van der Waals surface area (Å²) in [7, 11) is 2.20. The maximum absolute atomic E-state index is 6.14. The van der Waals surface area contributed by atoms with E-state index in [0.717, 1.165) is 32.6 Å². The summed E-state index contributed by atoms with van der Waals surface area (Å²) in [4.78, 5) is 9.03. The van der Waals surface area contributed by atoms with Crippen molar-refractivity contribution in [3.63, 3.8) is 0 Å². The molecule has 0 spiro atoms. The molecule has 0 bridgehead atoms. The van der Waals surface area contributed by atoms with E-state index in [1.165, 1.54) is 5.56 Å². The first-order valence-electron chi connectivity index (χ1n) is 7.15. The molecule has 1 aromatic rings. The second kappa shape index (κ2) is 5.99. The van der Waals surface area contributed by atoms with E-state index in [9.17, 15) is 0 Å². The first-order chi connectivity index (χ1) is 9.11. The molecule has 0 radical (unpaired) electrons. The highest BCUT2D eigenvalue weighted by atomic mass is 15.3. The van der Waals surface area contributed by atoms with Gasteiger partial charge in [0, 0.05) is 43.6 Å². The molecule has 2 rings (SSSR count). The normalized spacial score (nSPS) is 28.2. The third kappa shape index (κ3) is 2.96. The van der Waals surface area contributed by atoms with Crippen molar-refractivity contribution in [2.45, 2.75) is 38.4 Å². The summed E-state index contributed by atoms with van der Waals surface area (Å²) in [5, 5.41) is 0. The predicted molar refractivity (Wildman–Crippen MR) is 78.8 cm³/mol. The van der Waals surface area contributed by atoms with E-state index in [2.05, 4.69) is 47.8 Å². The number of nitrogens with two attached hydrogens (primary N) is 1. The second-order valence-corrected chi connectivity index (χ2v) is 5.77. The maximum atomic E-state index is 6.14. The van der Waals surface area contributed by atoms with Gasteiger partial charge >= 0.3 is 0 Å². The Balaban J connectivity index is 2.16. The Hall–Kier alpha value is -0.970. The van der Waals surface area contributed by atoms with Crippen LogP contribution in [0.4, 0.5) is 0 Å². The predicted octanol–water partition coefficient (Wildman–Crippen LogP) is 1.33. The van der Waals surface area contributed by atoms with Gasteiger partial charge < -0.3 is 10.6 Å². The minimum atomic E-state index is 0.117. The van der Waals surface area contributed by atoms with Crippen molar-refractivity contribution in [1.29, 1.82) is 0 Å². The Bertz CT molecular complexity index is 382. The summed E-state index contributed by atoms with van der Waals surface area (Å²) in [6, 6.07) is 4.79. The van der Waals surface area contributed by atoms with Crippen LogP contribution in [0.2, 0.25) is 0 Å². The molecule has 1 aliphatic heterocycles. The Morgan fingerprint density at radius 1 is 1.47 bits per heavy atom. The number of hydrogen-bond donors (Lipinski definition) is 1. The Morgan fingerprint density at radius 2 is 2.16 bits per heavy atom. The van der Waals surface area contributed by atoms with Gasteiger partial charge in [0.05, 0.1) is 0 Å². The number of pyridine rings is 1. The van der Waals surface area contributed by atoms with Crippen molar-refractivity contribution in [2.75, 3.05) is 26.7 Å². The van der Waals surface area contributed by atoms with Crippen LogP contribution in [0.3, 0.4) is 0 Å². The molecule has 2 unspecified atom stereocenters. The third-order valence-electron chi connectivity index (χ3n) is 4.53. The number of nitrogens with zero attached hydrogens (tertiary/aromatic N) is 3. The van der Waals surface area contributed by atoms with Gasteiger partial charge in [0.15, 0.2) is 0 Å². The number of likely N-dealkylation sites (N-methyl/N-ethyl adjacent to an activating group) is 2. The largest absolute Gasteiger partial charge is 0.329 e. The zero-order chi connectivity index (χ0) is 13.9. The van der Waals surface area contributed by atoms with Crippen LogP contribution in [0.5, 0.6) is 0 Å². The molecule has 2 N–H and O–H groups in total. The lowest BCUT2D eigenvalue weighted by molar-refractivity contribution is 0.0995. The summed E-state index contributed by atoms with van der Waals surface area (Å²) >= 11 is 0. The van der Waals surface area contributed by atoms with Crippen LogP contribution in [0.25, 0.3) is 0 Å². The van der Waals surface area contributed by atoms with Crippen molar-refractivity contribution in [1.82, 2.24) is 14.8 Å². The van der Waals surface area contributed by atoms with Gasteiger partial charge in [-0.2, -0.15) is 0 Å². The van der Waals surface area contributed by atoms with E-state index in [4.69, 9.17) is 5.73 Å². The van der Waals surface area contributed by atoms with E-state index in [0.29, 0.717) is 6.04 Å². The molecular formula is C15H26N4. The lowest BCUT2D eigenvalue weighted by Crippen LogP contribution is -2.55. The standard InChI is InChI=1S/C15H26N4/c1-4-19(10-14-5-7-17-8-6-14)15(11-16)9-13(2)18(3)12-15/h5-8,13H,4,9-12,16H2,1-3H3. The molecule has 1 fully saturated rings. The molecule has 4 heteroatoms. The molecule has 1 aliphatic rings. The molecule has 1 saturated heterocycles. The van der Waals surface area contributed by atoms with Crippen LogP contribution < -0.4 is 5.73 Å². The highest BCUT2D eigenvalue weighted by molar-refractivity contribution is 5.12. The molecule has 4 nitrogen and oxygen atoms in total. The number of aromatic nitrogens is 1. The van der Waals surface area contributed by atoms with E-state index >= 15 is 0 Å². The summed E-state index contributed by atoms with van der Waals surface area (Å²) < 4.78 is 0.